The van der Waals surface area contributed by atoms with Crippen LogP contribution in [0, 0.1) is 5.92 Å². The van der Waals surface area contributed by atoms with Gasteiger partial charge in [0, 0.05) is 6.04 Å². The Morgan fingerprint density at radius 2 is 1.47 bits per heavy atom. The summed E-state index contributed by atoms with van der Waals surface area (Å²) in [5.74, 6) is 1.04. The Morgan fingerprint density at radius 3 is 2.16 bits per heavy atom. The third kappa shape index (κ3) is 8.68. The van der Waals surface area contributed by atoms with Gasteiger partial charge in [0.25, 0.3) is 0 Å². The van der Waals surface area contributed by atoms with Crippen LogP contribution < -0.4 is 5.32 Å². The van der Waals surface area contributed by atoms with Crippen molar-refractivity contribution in [3.8, 4) is 0 Å². The zero-order valence-corrected chi connectivity index (χ0v) is 13.6. The molecule has 0 spiro atoms. The second-order valence-corrected chi connectivity index (χ2v) is 6.59. The molecule has 0 aromatic heterocycles. The second-order valence-electron chi connectivity index (χ2n) is 6.59. The van der Waals surface area contributed by atoms with Gasteiger partial charge in [-0.15, -0.1) is 0 Å². The molecular weight excluding hydrogens is 230 g/mol. The first kappa shape index (κ1) is 17.0. The Labute approximate surface area is 121 Å². The minimum Gasteiger partial charge on any atom is -0.314 e. The van der Waals surface area contributed by atoms with Crippen LogP contribution in [0.15, 0.2) is 0 Å². The standard InChI is InChI=1S/C18H37N/c1-3-5-6-7-8-9-10-11-12-17-13-14-18(16-17)19-15-4-2/h17-19H,3-16H2,1-2H3. The van der Waals surface area contributed by atoms with Gasteiger partial charge in [-0.2, -0.15) is 0 Å². The fourth-order valence-electron chi connectivity index (χ4n) is 3.44. The molecule has 2 unspecified atom stereocenters. The van der Waals surface area contributed by atoms with Gasteiger partial charge in [-0.1, -0.05) is 71.6 Å². The largest absolute Gasteiger partial charge is 0.314 e. The van der Waals surface area contributed by atoms with Gasteiger partial charge < -0.3 is 5.32 Å². The first-order valence-electron chi connectivity index (χ1n) is 9.10. The number of hydrogen-bond donors (Lipinski definition) is 1. The summed E-state index contributed by atoms with van der Waals surface area (Å²) in [6, 6.07) is 0.846. The highest BCUT2D eigenvalue weighted by Gasteiger charge is 2.23. The van der Waals surface area contributed by atoms with Crippen LogP contribution in [0.3, 0.4) is 0 Å². The van der Waals surface area contributed by atoms with Crippen LogP contribution in [0.2, 0.25) is 0 Å². The van der Waals surface area contributed by atoms with Crippen molar-refractivity contribution < 1.29 is 0 Å². The van der Waals surface area contributed by atoms with Crippen molar-refractivity contribution in [1.82, 2.24) is 5.32 Å². The fourth-order valence-corrected chi connectivity index (χ4v) is 3.44. The van der Waals surface area contributed by atoms with Gasteiger partial charge in [0.05, 0.1) is 0 Å². The number of nitrogens with one attached hydrogen (secondary N) is 1. The number of hydrogen-bond acceptors (Lipinski definition) is 1. The van der Waals surface area contributed by atoms with Gasteiger partial charge >= 0.3 is 0 Å². The van der Waals surface area contributed by atoms with E-state index in [0.29, 0.717) is 0 Å². The van der Waals surface area contributed by atoms with Crippen LogP contribution in [-0.4, -0.2) is 12.6 Å². The molecule has 0 radical (unpaired) electrons. The zero-order chi connectivity index (χ0) is 13.8. The molecule has 19 heavy (non-hydrogen) atoms. The van der Waals surface area contributed by atoms with E-state index in [4.69, 9.17) is 0 Å². The molecule has 114 valence electrons. The molecular formula is C18H37N. The SMILES string of the molecule is CCCCCCCCCCC1CCC(NCCC)C1. The highest BCUT2D eigenvalue weighted by molar-refractivity contribution is 4.80. The molecule has 0 aromatic carbocycles. The van der Waals surface area contributed by atoms with E-state index in [9.17, 15) is 0 Å². The summed E-state index contributed by atoms with van der Waals surface area (Å²) in [6.45, 7) is 5.78. The summed E-state index contributed by atoms with van der Waals surface area (Å²) in [5.41, 5.74) is 0. The van der Waals surface area contributed by atoms with E-state index in [2.05, 4.69) is 19.2 Å². The van der Waals surface area contributed by atoms with Gasteiger partial charge in [-0.25, -0.2) is 0 Å². The van der Waals surface area contributed by atoms with Gasteiger partial charge in [0.1, 0.15) is 0 Å². The van der Waals surface area contributed by atoms with E-state index in [1.165, 1.54) is 90.0 Å². The summed E-state index contributed by atoms with van der Waals surface area (Å²) in [4.78, 5) is 0. The van der Waals surface area contributed by atoms with E-state index in [0.717, 1.165) is 12.0 Å². The molecule has 1 aliphatic carbocycles. The summed E-state index contributed by atoms with van der Waals surface area (Å²) in [6.07, 6.45) is 18.8. The number of rotatable bonds is 12. The summed E-state index contributed by atoms with van der Waals surface area (Å²) in [7, 11) is 0. The Kier molecular flexibility index (Phi) is 10.5. The van der Waals surface area contributed by atoms with Crippen LogP contribution in [0.4, 0.5) is 0 Å². The van der Waals surface area contributed by atoms with E-state index >= 15 is 0 Å². The van der Waals surface area contributed by atoms with Crippen molar-refractivity contribution in [1.29, 1.82) is 0 Å². The van der Waals surface area contributed by atoms with Crippen molar-refractivity contribution in [3.05, 3.63) is 0 Å². The molecule has 1 saturated carbocycles. The lowest BCUT2D eigenvalue weighted by molar-refractivity contribution is 0.439. The lowest BCUT2D eigenvalue weighted by Gasteiger charge is -2.12. The molecule has 1 aliphatic rings. The van der Waals surface area contributed by atoms with Crippen LogP contribution in [0.1, 0.15) is 97.3 Å². The molecule has 1 rings (SSSR count). The molecule has 2 atom stereocenters. The molecule has 0 aromatic rings. The first-order chi connectivity index (χ1) is 9.36. The quantitative estimate of drug-likeness (QED) is 0.448. The average molecular weight is 268 g/mol. The Hall–Kier alpha value is -0.0400. The molecule has 1 N–H and O–H groups in total. The minimum atomic E-state index is 0.846. The number of unbranched alkanes of at least 4 members (excludes halogenated alkanes) is 7. The summed E-state index contributed by atoms with van der Waals surface area (Å²) < 4.78 is 0. The van der Waals surface area contributed by atoms with E-state index in [1.54, 1.807) is 0 Å². The Morgan fingerprint density at radius 1 is 0.789 bits per heavy atom. The smallest absolute Gasteiger partial charge is 0.00698 e. The lowest BCUT2D eigenvalue weighted by atomic mass is 9.98. The van der Waals surface area contributed by atoms with Crippen molar-refractivity contribution in [2.75, 3.05) is 6.54 Å². The van der Waals surface area contributed by atoms with Crippen molar-refractivity contribution >= 4 is 0 Å². The Balaban J connectivity index is 1.85. The van der Waals surface area contributed by atoms with Crippen molar-refractivity contribution in [2.45, 2.75) is 103 Å². The normalized spacial score (nSPS) is 23.1. The monoisotopic (exact) mass is 267 g/mol. The second kappa shape index (κ2) is 11.8. The van der Waals surface area contributed by atoms with E-state index < -0.39 is 0 Å². The molecule has 0 aliphatic heterocycles. The highest BCUT2D eigenvalue weighted by Crippen LogP contribution is 2.30. The maximum Gasteiger partial charge on any atom is 0.00698 e. The van der Waals surface area contributed by atoms with Crippen molar-refractivity contribution in [3.63, 3.8) is 0 Å². The minimum absolute atomic E-state index is 0.846. The van der Waals surface area contributed by atoms with Gasteiger partial charge in [0.2, 0.25) is 0 Å². The topological polar surface area (TPSA) is 12.0 Å². The van der Waals surface area contributed by atoms with Crippen molar-refractivity contribution in [2.24, 2.45) is 5.92 Å². The predicted octanol–water partition coefficient (Wildman–Crippen LogP) is 5.69. The van der Waals surface area contributed by atoms with Crippen LogP contribution in [0.25, 0.3) is 0 Å². The molecule has 0 amide bonds. The zero-order valence-electron chi connectivity index (χ0n) is 13.6. The highest BCUT2D eigenvalue weighted by atomic mass is 14.9. The van der Waals surface area contributed by atoms with Crippen LogP contribution in [-0.2, 0) is 0 Å². The van der Waals surface area contributed by atoms with Gasteiger partial charge in [-0.05, 0) is 38.1 Å². The van der Waals surface area contributed by atoms with E-state index in [-0.39, 0.29) is 0 Å². The molecule has 0 heterocycles. The first-order valence-corrected chi connectivity index (χ1v) is 9.10. The lowest BCUT2D eigenvalue weighted by Crippen LogP contribution is -2.26. The van der Waals surface area contributed by atoms with E-state index in [1.807, 2.05) is 0 Å². The maximum atomic E-state index is 3.69. The Bertz CT molecular complexity index is 190. The molecule has 0 saturated heterocycles. The van der Waals surface area contributed by atoms with Gasteiger partial charge in [0.15, 0.2) is 0 Å². The third-order valence-corrected chi connectivity index (χ3v) is 4.69. The third-order valence-electron chi connectivity index (χ3n) is 4.69. The van der Waals surface area contributed by atoms with Crippen LogP contribution >= 0.6 is 0 Å². The molecule has 1 heteroatoms. The van der Waals surface area contributed by atoms with Gasteiger partial charge in [-0.3, -0.25) is 0 Å². The molecule has 1 nitrogen and oxygen atoms in total. The fraction of sp³-hybridized carbons (Fsp3) is 1.00. The predicted molar refractivity (Wildman–Crippen MR) is 86.6 cm³/mol. The maximum absolute atomic E-state index is 3.69. The molecule has 1 fully saturated rings. The van der Waals surface area contributed by atoms with Crippen LogP contribution in [0.5, 0.6) is 0 Å². The summed E-state index contributed by atoms with van der Waals surface area (Å²) >= 11 is 0. The molecule has 0 bridgehead atoms. The summed E-state index contributed by atoms with van der Waals surface area (Å²) in [5, 5.41) is 3.69. The average Bonchev–Trinajstić information content (AvgIpc) is 2.87.